The molecule has 1 N–H and O–H groups in total. The van der Waals surface area contributed by atoms with Crippen LogP contribution >= 0.6 is 0 Å². The summed E-state index contributed by atoms with van der Waals surface area (Å²) in [6, 6.07) is 8.00. The fourth-order valence-corrected chi connectivity index (χ4v) is 4.26. The van der Waals surface area contributed by atoms with Crippen LogP contribution in [0.1, 0.15) is 19.8 Å². The van der Waals surface area contributed by atoms with Crippen molar-refractivity contribution in [3.8, 4) is 5.88 Å². The molecule has 0 aliphatic heterocycles. The molecule has 0 radical (unpaired) electrons. The first-order valence-electron chi connectivity index (χ1n) is 7.60. The van der Waals surface area contributed by atoms with Gasteiger partial charge < -0.3 is 4.42 Å². The number of imidazole rings is 1. The van der Waals surface area contributed by atoms with Crippen LogP contribution in [0.3, 0.4) is 0 Å². The van der Waals surface area contributed by atoms with Crippen LogP contribution in [0.2, 0.25) is 0 Å². The number of aromatic nitrogens is 2. The van der Waals surface area contributed by atoms with E-state index in [1.807, 2.05) is 6.92 Å². The van der Waals surface area contributed by atoms with E-state index in [2.05, 4.69) is 4.72 Å². The summed E-state index contributed by atoms with van der Waals surface area (Å²) in [5.74, 6) is 0.349. The number of sulfonamides is 1. The molecule has 0 spiro atoms. The summed E-state index contributed by atoms with van der Waals surface area (Å²) in [6.45, 7) is 1.88. The van der Waals surface area contributed by atoms with Gasteiger partial charge in [0.05, 0.1) is 22.2 Å². The zero-order valence-electron chi connectivity index (χ0n) is 13.3. The van der Waals surface area contributed by atoms with E-state index in [1.54, 1.807) is 25.2 Å². The first kappa shape index (κ1) is 15.2. The van der Waals surface area contributed by atoms with Gasteiger partial charge in [0.1, 0.15) is 0 Å². The van der Waals surface area contributed by atoms with Gasteiger partial charge in [0.15, 0.2) is 0 Å². The van der Waals surface area contributed by atoms with Crippen molar-refractivity contribution in [3.05, 3.63) is 47.1 Å². The molecule has 0 saturated heterocycles. The molecule has 1 saturated carbocycles. The minimum atomic E-state index is -3.64. The maximum absolute atomic E-state index is 12.6. The van der Waals surface area contributed by atoms with Gasteiger partial charge in [-0.15, -0.1) is 0 Å². The van der Waals surface area contributed by atoms with Crippen molar-refractivity contribution in [3.63, 3.8) is 0 Å². The molecule has 0 unspecified atom stereocenters. The summed E-state index contributed by atoms with van der Waals surface area (Å²) >= 11 is 0. The molecule has 1 fully saturated rings. The Balaban J connectivity index is 1.92. The third-order valence-corrected chi connectivity index (χ3v) is 6.08. The van der Waals surface area contributed by atoms with Gasteiger partial charge >= 0.3 is 5.69 Å². The zero-order valence-corrected chi connectivity index (χ0v) is 14.1. The maximum Gasteiger partial charge on any atom is 0.335 e. The number of nitrogens with zero attached hydrogens (tertiary/aromatic N) is 2. The SMILES string of the molecule is Cn1c(=O)n(-c2ccco2)c2cc(S(=O)(=O)NC3(C)CC3)ccc21. The molecular weight excluding hydrogens is 330 g/mol. The van der Waals surface area contributed by atoms with Crippen LogP contribution in [-0.2, 0) is 17.1 Å². The minimum Gasteiger partial charge on any atom is -0.448 e. The molecule has 0 amide bonds. The van der Waals surface area contributed by atoms with Crippen LogP contribution in [0.15, 0.2) is 50.7 Å². The standard InChI is InChI=1S/C16H17N3O4S/c1-16(7-8-16)17-24(21,22)11-5-6-12-13(10-11)19(15(20)18(12)2)14-4-3-9-23-14/h3-6,9-10,17H,7-8H2,1-2H3. The lowest BCUT2D eigenvalue weighted by Crippen LogP contribution is -2.34. The molecule has 7 nitrogen and oxygen atoms in total. The van der Waals surface area contributed by atoms with Gasteiger partial charge in [-0.1, -0.05) is 0 Å². The van der Waals surface area contributed by atoms with Gasteiger partial charge in [-0.3, -0.25) is 4.57 Å². The molecule has 126 valence electrons. The highest BCUT2D eigenvalue weighted by atomic mass is 32.2. The quantitative estimate of drug-likeness (QED) is 0.779. The fraction of sp³-hybridized carbons (Fsp3) is 0.312. The van der Waals surface area contributed by atoms with Crippen molar-refractivity contribution in [1.29, 1.82) is 0 Å². The molecule has 0 bridgehead atoms. The Bertz CT molecular complexity index is 1090. The Morgan fingerprint density at radius 3 is 2.58 bits per heavy atom. The summed E-state index contributed by atoms with van der Waals surface area (Å²) in [4.78, 5) is 12.6. The van der Waals surface area contributed by atoms with Gasteiger partial charge in [-0.05, 0) is 44.0 Å². The second kappa shape index (κ2) is 4.84. The fourth-order valence-electron chi connectivity index (χ4n) is 2.77. The van der Waals surface area contributed by atoms with Crippen molar-refractivity contribution in [2.75, 3.05) is 0 Å². The van der Waals surface area contributed by atoms with E-state index in [0.29, 0.717) is 16.9 Å². The summed E-state index contributed by atoms with van der Waals surface area (Å²) < 4.78 is 36.1. The lowest BCUT2D eigenvalue weighted by molar-refractivity contribution is 0.535. The third kappa shape index (κ3) is 2.30. The van der Waals surface area contributed by atoms with Crippen LogP contribution in [0.5, 0.6) is 0 Å². The highest BCUT2D eigenvalue weighted by molar-refractivity contribution is 7.89. The van der Waals surface area contributed by atoms with E-state index in [1.165, 1.54) is 27.5 Å². The van der Waals surface area contributed by atoms with E-state index < -0.39 is 10.0 Å². The highest BCUT2D eigenvalue weighted by Crippen LogP contribution is 2.36. The Kier molecular flexibility index (Phi) is 3.07. The Morgan fingerprint density at radius 1 is 1.21 bits per heavy atom. The van der Waals surface area contributed by atoms with Crippen molar-refractivity contribution < 1.29 is 12.8 Å². The molecule has 2 heterocycles. The normalized spacial score (nSPS) is 16.6. The number of furan rings is 1. The molecule has 1 aliphatic rings. The van der Waals surface area contributed by atoms with Crippen LogP contribution < -0.4 is 10.4 Å². The molecule has 3 aromatic rings. The summed E-state index contributed by atoms with van der Waals surface area (Å²) in [6.07, 6.45) is 3.13. The maximum atomic E-state index is 12.6. The molecule has 8 heteroatoms. The first-order valence-corrected chi connectivity index (χ1v) is 9.08. The van der Waals surface area contributed by atoms with E-state index >= 15 is 0 Å². The van der Waals surface area contributed by atoms with E-state index in [0.717, 1.165) is 12.8 Å². The van der Waals surface area contributed by atoms with Crippen molar-refractivity contribution >= 4 is 21.1 Å². The number of rotatable bonds is 4. The molecule has 24 heavy (non-hydrogen) atoms. The average Bonchev–Trinajstić information content (AvgIpc) is 2.96. The first-order chi connectivity index (χ1) is 11.3. The van der Waals surface area contributed by atoms with Gasteiger partial charge in [0.2, 0.25) is 15.9 Å². The number of benzene rings is 1. The monoisotopic (exact) mass is 347 g/mol. The van der Waals surface area contributed by atoms with Crippen molar-refractivity contribution in [2.24, 2.45) is 7.05 Å². The Morgan fingerprint density at radius 2 is 1.96 bits per heavy atom. The lowest BCUT2D eigenvalue weighted by Gasteiger charge is -2.12. The van der Waals surface area contributed by atoms with Gasteiger partial charge in [0, 0.05) is 18.7 Å². The average molecular weight is 347 g/mol. The lowest BCUT2D eigenvalue weighted by atomic mass is 10.3. The molecule has 0 atom stereocenters. The Hall–Kier alpha value is -2.32. The van der Waals surface area contributed by atoms with Crippen LogP contribution in [0.25, 0.3) is 16.9 Å². The largest absolute Gasteiger partial charge is 0.448 e. The smallest absolute Gasteiger partial charge is 0.335 e. The number of hydrogen-bond donors (Lipinski definition) is 1. The van der Waals surface area contributed by atoms with E-state index in [9.17, 15) is 13.2 Å². The number of nitrogens with one attached hydrogen (secondary N) is 1. The molecule has 1 aromatic carbocycles. The van der Waals surface area contributed by atoms with E-state index in [-0.39, 0.29) is 16.1 Å². The minimum absolute atomic E-state index is 0.133. The van der Waals surface area contributed by atoms with Crippen LogP contribution in [0.4, 0.5) is 0 Å². The summed E-state index contributed by atoms with van der Waals surface area (Å²) in [5.41, 5.74) is 0.469. The zero-order chi connectivity index (χ0) is 17.1. The van der Waals surface area contributed by atoms with Crippen LogP contribution in [0, 0.1) is 0 Å². The van der Waals surface area contributed by atoms with Crippen molar-refractivity contribution in [2.45, 2.75) is 30.2 Å². The second-order valence-electron chi connectivity index (χ2n) is 6.44. The Labute approximate surface area is 138 Å². The van der Waals surface area contributed by atoms with Gasteiger partial charge in [-0.2, -0.15) is 0 Å². The predicted octanol–water partition coefficient (Wildman–Crippen LogP) is 1.75. The summed E-state index contributed by atoms with van der Waals surface area (Å²) in [7, 11) is -2.00. The number of fused-ring (bicyclic) bond motifs is 1. The predicted molar refractivity (Wildman–Crippen MR) is 88.7 cm³/mol. The highest BCUT2D eigenvalue weighted by Gasteiger charge is 2.41. The van der Waals surface area contributed by atoms with Crippen molar-refractivity contribution in [1.82, 2.24) is 13.9 Å². The summed E-state index contributed by atoms with van der Waals surface area (Å²) in [5, 5.41) is 0. The number of hydrogen-bond acceptors (Lipinski definition) is 4. The third-order valence-electron chi connectivity index (χ3n) is 4.44. The molecule has 4 rings (SSSR count). The van der Waals surface area contributed by atoms with Gasteiger partial charge in [0.25, 0.3) is 0 Å². The molecular formula is C16H17N3O4S. The second-order valence-corrected chi connectivity index (χ2v) is 8.13. The van der Waals surface area contributed by atoms with E-state index in [4.69, 9.17) is 4.42 Å². The van der Waals surface area contributed by atoms with Gasteiger partial charge in [-0.25, -0.2) is 22.5 Å². The molecule has 2 aromatic heterocycles. The topological polar surface area (TPSA) is 86.2 Å². The number of aryl methyl sites for hydroxylation is 1. The van der Waals surface area contributed by atoms with Crippen LogP contribution in [-0.4, -0.2) is 23.1 Å². The molecule has 1 aliphatic carbocycles.